The summed E-state index contributed by atoms with van der Waals surface area (Å²) in [4.78, 5) is 5.41. The lowest BCUT2D eigenvalue weighted by atomic mass is 10.3. The molecule has 1 aromatic rings. The average molecular weight is 213 g/mol. The monoisotopic (exact) mass is 213 g/mol. The third-order valence-electron chi connectivity index (χ3n) is 1.21. The van der Waals surface area contributed by atoms with E-state index in [0.717, 1.165) is 14.9 Å². The summed E-state index contributed by atoms with van der Waals surface area (Å²) >= 11 is 3.29. The molecule has 3 heteroatoms. The van der Waals surface area contributed by atoms with Crippen molar-refractivity contribution in [2.45, 2.75) is 18.2 Å². The van der Waals surface area contributed by atoms with Crippen LogP contribution >= 0.6 is 23.1 Å². The second-order valence-corrected chi connectivity index (χ2v) is 3.93. The SMILES string of the molecule is C=Cc1nc(SC)sc1C=C.CC. The Hall–Kier alpha value is -0.540. The molecule has 0 spiro atoms. The maximum Gasteiger partial charge on any atom is 0.150 e. The first kappa shape index (κ1) is 12.5. The molecule has 0 aromatic carbocycles. The first-order chi connectivity index (χ1) is 6.31. The Bertz CT molecular complexity index is 251. The Morgan fingerprint density at radius 2 is 1.92 bits per heavy atom. The van der Waals surface area contributed by atoms with Gasteiger partial charge in [-0.3, -0.25) is 0 Å². The van der Waals surface area contributed by atoms with Gasteiger partial charge in [0.25, 0.3) is 0 Å². The molecule has 0 amide bonds. The molecule has 0 radical (unpaired) electrons. The second kappa shape index (κ2) is 6.92. The van der Waals surface area contributed by atoms with Crippen molar-refractivity contribution in [3.05, 3.63) is 23.7 Å². The van der Waals surface area contributed by atoms with Gasteiger partial charge in [-0.2, -0.15) is 0 Å². The van der Waals surface area contributed by atoms with Gasteiger partial charge in [0.1, 0.15) is 0 Å². The van der Waals surface area contributed by atoms with Crippen molar-refractivity contribution in [3.8, 4) is 0 Å². The number of hydrogen-bond acceptors (Lipinski definition) is 3. The Labute approximate surface area is 88.6 Å². The highest BCUT2D eigenvalue weighted by molar-refractivity contribution is 8.00. The minimum absolute atomic E-state index is 0.939. The van der Waals surface area contributed by atoms with Gasteiger partial charge in [-0.05, 0) is 18.4 Å². The average Bonchev–Trinajstić information content (AvgIpc) is 2.63. The van der Waals surface area contributed by atoms with Gasteiger partial charge in [0, 0.05) is 0 Å². The van der Waals surface area contributed by atoms with Crippen LogP contribution in [0.3, 0.4) is 0 Å². The summed E-state index contributed by atoms with van der Waals surface area (Å²) in [7, 11) is 0. The van der Waals surface area contributed by atoms with Gasteiger partial charge in [0.15, 0.2) is 4.34 Å². The molecule has 0 unspecified atom stereocenters. The molecule has 1 heterocycles. The third kappa shape index (κ3) is 3.36. The summed E-state index contributed by atoms with van der Waals surface area (Å²) in [5.74, 6) is 0. The molecule has 1 rings (SSSR count). The van der Waals surface area contributed by atoms with E-state index in [4.69, 9.17) is 0 Å². The van der Waals surface area contributed by atoms with Gasteiger partial charge >= 0.3 is 0 Å². The van der Waals surface area contributed by atoms with E-state index >= 15 is 0 Å². The van der Waals surface area contributed by atoms with Crippen LogP contribution in [-0.4, -0.2) is 11.2 Å². The van der Waals surface area contributed by atoms with Gasteiger partial charge in [-0.15, -0.1) is 11.3 Å². The normalized spacial score (nSPS) is 8.54. The number of rotatable bonds is 3. The van der Waals surface area contributed by atoms with Crippen molar-refractivity contribution in [2.24, 2.45) is 0 Å². The number of hydrogen-bond donors (Lipinski definition) is 0. The number of thioether (sulfide) groups is 1. The standard InChI is InChI=1S/C8H9NS2.C2H6/c1-4-6-7(5-2)11-8(9-6)10-3;1-2/h4-5H,1-2H2,3H3;1-2H3. The van der Waals surface area contributed by atoms with E-state index in [1.54, 1.807) is 29.2 Å². The molecular weight excluding hydrogens is 198 g/mol. The molecule has 0 N–H and O–H groups in total. The van der Waals surface area contributed by atoms with Crippen LogP contribution in [0.4, 0.5) is 0 Å². The van der Waals surface area contributed by atoms with E-state index in [1.165, 1.54) is 0 Å². The first-order valence-electron chi connectivity index (χ1n) is 4.11. The van der Waals surface area contributed by atoms with Gasteiger partial charge in [0.05, 0.1) is 10.6 Å². The van der Waals surface area contributed by atoms with Crippen molar-refractivity contribution >= 4 is 35.3 Å². The molecule has 0 aliphatic carbocycles. The summed E-state index contributed by atoms with van der Waals surface area (Å²) < 4.78 is 1.06. The molecule has 0 atom stereocenters. The van der Waals surface area contributed by atoms with Crippen LogP contribution < -0.4 is 0 Å². The molecule has 1 aromatic heterocycles. The lowest BCUT2D eigenvalue weighted by molar-refractivity contribution is 1.23. The fraction of sp³-hybridized carbons (Fsp3) is 0.300. The number of aromatic nitrogens is 1. The van der Waals surface area contributed by atoms with E-state index in [0.29, 0.717) is 0 Å². The molecule has 0 saturated carbocycles. The minimum Gasteiger partial charge on any atom is -0.230 e. The molecule has 0 saturated heterocycles. The minimum atomic E-state index is 0.939. The van der Waals surface area contributed by atoms with Crippen LogP contribution in [0.5, 0.6) is 0 Å². The molecule has 0 bridgehead atoms. The zero-order valence-corrected chi connectivity index (χ0v) is 9.97. The topological polar surface area (TPSA) is 12.9 Å². The summed E-state index contributed by atoms with van der Waals surface area (Å²) in [6.45, 7) is 11.4. The van der Waals surface area contributed by atoms with Crippen LogP contribution in [0.2, 0.25) is 0 Å². The summed E-state index contributed by atoms with van der Waals surface area (Å²) in [5, 5.41) is 0. The Balaban J connectivity index is 0.000000671. The largest absolute Gasteiger partial charge is 0.230 e. The molecule has 0 fully saturated rings. The Kier molecular flexibility index (Phi) is 6.63. The maximum absolute atomic E-state index is 4.31. The predicted octanol–water partition coefficient (Wildman–Crippen LogP) is 4.18. The van der Waals surface area contributed by atoms with Crippen LogP contribution in [0.1, 0.15) is 24.4 Å². The Morgan fingerprint density at radius 3 is 2.23 bits per heavy atom. The molecule has 13 heavy (non-hydrogen) atoms. The van der Waals surface area contributed by atoms with Gasteiger partial charge < -0.3 is 0 Å². The molecular formula is C10H15NS2. The zero-order chi connectivity index (χ0) is 10.3. The van der Waals surface area contributed by atoms with Crippen LogP contribution in [0, 0.1) is 0 Å². The van der Waals surface area contributed by atoms with Crippen LogP contribution in [0.25, 0.3) is 12.2 Å². The fourth-order valence-corrected chi connectivity index (χ4v) is 2.14. The lowest BCUT2D eigenvalue weighted by Crippen LogP contribution is -1.72. The molecule has 72 valence electrons. The lowest BCUT2D eigenvalue weighted by Gasteiger charge is -1.82. The zero-order valence-electron chi connectivity index (χ0n) is 8.33. The fourth-order valence-electron chi connectivity index (χ4n) is 0.702. The van der Waals surface area contributed by atoms with Crippen LogP contribution in [0.15, 0.2) is 17.5 Å². The molecule has 0 aliphatic heterocycles. The highest BCUT2D eigenvalue weighted by atomic mass is 32.2. The number of nitrogens with zero attached hydrogens (tertiary/aromatic N) is 1. The van der Waals surface area contributed by atoms with Gasteiger partial charge in [0.2, 0.25) is 0 Å². The quantitative estimate of drug-likeness (QED) is 0.699. The van der Waals surface area contributed by atoms with Crippen molar-refractivity contribution in [1.82, 2.24) is 4.98 Å². The summed E-state index contributed by atoms with van der Waals surface area (Å²) in [6, 6.07) is 0. The third-order valence-corrected chi connectivity index (χ3v) is 3.27. The van der Waals surface area contributed by atoms with E-state index in [9.17, 15) is 0 Å². The number of thiazole rings is 1. The van der Waals surface area contributed by atoms with E-state index in [2.05, 4.69) is 18.1 Å². The second-order valence-electron chi connectivity index (χ2n) is 1.84. The van der Waals surface area contributed by atoms with Gasteiger partial charge in [-0.1, -0.05) is 38.8 Å². The highest BCUT2D eigenvalue weighted by Crippen LogP contribution is 2.26. The summed E-state index contributed by atoms with van der Waals surface area (Å²) in [5.41, 5.74) is 0.939. The van der Waals surface area contributed by atoms with Crippen LogP contribution in [-0.2, 0) is 0 Å². The van der Waals surface area contributed by atoms with Crippen molar-refractivity contribution in [1.29, 1.82) is 0 Å². The smallest absolute Gasteiger partial charge is 0.150 e. The van der Waals surface area contributed by atoms with Crippen molar-refractivity contribution in [3.63, 3.8) is 0 Å². The Morgan fingerprint density at radius 1 is 1.31 bits per heavy atom. The van der Waals surface area contributed by atoms with Crippen molar-refractivity contribution < 1.29 is 0 Å². The van der Waals surface area contributed by atoms with E-state index < -0.39 is 0 Å². The van der Waals surface area contributed by atoms with Crippen molar-refractivity contribution in [2.75, 3.05) is 6.26 Å². The molecule has 1 nitrogen and oxygen atoms in total. The van der Waals surface area contributed by atoms with E-state index in [1.807, 2.05) is 26.2 Å². The maximum atomic E-state index is 4.31. The highest BCUT2D eigenvalue weighted by Gasteiger charge is 2.03. The van der Waals surface area contributed by atoms with Gasteiger partial charge in [-0.25, -0.2) is 4.98 Å². The predicted molar refractivity (Wildman–Crippen MR) is 65.4 cm³/mol. The van der Waals surface area contributed by atoms with E-state index in [-0.39, 0.29) is 0 Å². The summed E-state index contributed by atoms with van der Waals surface area (Å²) in [6.07, 6.45) is 5.58. The molecule has 0 aliphatic rings. The first-order valence-corrected chi connectivity index (χ1v) is 6.15.